The van der Waals surface area contributed by atoms with E-state index in [1.165, 1.54) is 0 Å². The molecule has 31 heavy (non-hydrogen) atoms. The van der Waals surface area contributed by atoms with Gasteiger partial charge in [-0.05, 0) is 62.4 Å². The molecule has 2 rings (SSSR count). The summed E-state index contributed by atoms with van der Waals surface area (Å²) in [6.07, 6.45) is 0. The summed E-state index contributed by atoms with van der Waals surface area (Å²) in [5, 5.41) is 3.61. The molecule has 0 unspecified atom stereocenters. The van der Waals surface area contributed by atoms with Gasteiger partial charge in [-0.2, -0.15) is 0 Å². The molecule has 0 aliphatic heterocycles. The summed E-state index contributed by atoms with van der Waals surface area (Å²) < 4.78 is 5.77. The Morgan fingerprint density at radius 3 is 2.16 bits per heavy atom. The SMILES string of the molecule is Cc1ccc(CN(C(=O)COc2cc(C)c(Cl)c(C)c2)[C@@H](C)C(=O)NCC(C)C)cc1. The van der Waals surface area contributed by atoms with Crippen LogP contribution in [-0.2, 0) is 16.1 Å². The highest BCUT2D eigenvalue weighted by Gasteiger charge is 2.26. The number of halogens is 1. The Morgan fingerprint density at radius 2 is 1.61 bits per heavy atom. The van der Waals surface area contributed by atoms with Crippen molar-refractivity contribution >= 4 is 23.4 Å². The molecule has 0 heterocycles. The van der Waals surface area contributed by atoms with E-state index in [1.54, 1.807) is 11.8 Å². The largest absolute Gasteiger partial charge is 0.484 e. The molecule has 0 aliphatic rings. The second-order valence-corrected chi connectivity index (χ2v) is 8.86. The molecule has 0 aromatic heterocycles. The Balaban J connectivity index is 2.16. The molecule has 0 saturated carbocycles. The Kier molecular flexibility index (Phi) is 8.93. The van der Waals surface area contributed by atoms with Crippen LogP contribution in [0.15, 0.2) is 36.4 Å². The lowest BCUT2D eigenvalue weighted by Crippen LogP contribution is -2.49. The fourth-order valence-corrected chi connectivity index (χ4v) is 3.25. The van der Waals surface area contributed by atoms with Gasteiger partial charge in [0.2, 0.25) is 5.91 Å². The summed E-state index contributed by atoms with van der Waals surface area (Å²) in [5.74, 6) is 0.488. The van der Waals surface area contributed by atoms with Crippen LogP contribution < -0.4 is 10.1 Å². The molecule has 2 aromatic carbocycles. The lowest BCUT2D eigenvalue weighted by molar-refractivity contribution is -0.142. The van der Waals surface area contributed by atoms with Crippen molar-refractivity contribution in [2.75, 3.05) is 13.2 Å². The Labute approximate surface area is 190 Å². The number of ether oxygens (including phenoxy) is 1. The van der Waals surface area contributed by atoms with Crippen LogP contribution in [-0.4, -0.2) is 35.9 Å². The minimum atomic E-state index is -0.621. The quantitative estimate of drug-likeness (QED) is 0.602. The van der Waals surface area contributed by atoms with Crippen LogP contribution in [0.2, 0.25) is 5.02 Å². The highest BCUT2D eigenvalue weighted by atomic mass is 35.5. The second kappa shape index (κ2) is 11.2. The third-order valence-corrected chi connectivity index (χ3v) is 5.69. The van der Waals surface area contributed by atoms with Crippen LogP contribution in [0.4, 0.5) is 0 Å². The maximum Gasteiger partial charge on any atom is 0.261 e. The van der Waals surface area contributed by atoms with Gasteiger partial charge in [0.1, 0.15) is 11.8 Å². The fourth-order valence-electron chi connectivity index (χ4n) is 3.14. The van der Waals surface area contributed by atoms with E-state index >= 15 is 0 Å². The molecule has 168 valence electrons. The van der Waals surface area contributed by atoms with E-state index in [4.69, 9.17) is 16.3 Å². The van der Waals surface area contributed by atoms with Crippen LogP contribution in [0.25, 0.3) is 0 Å². The Bertz CT molecular complexity index is 886. The zero-order valence-electron chi connectivity index (χ0n) is 19.3. The van der Waals surface area contributed by atoms with E-state index in [0.29, 0.717) is 29.8 Å². The first-order chi connectivity index (χ1) is 14.6. The first kappa shape index (κ1) is 24.7. The zero-order valence-corrected chi connectivity index (χ0v) is 20.0. The number of rotatable bonds is 9. The third kappa shape index (κ3) is 7.28. The van der Waals surface area contributed by atoms with Gasteiger partial charge < -0.3 is 15.0 Å². The van der Waals surface area contributed by atoms with Gasteiger partial charge in [0.05, 0.1) is 0 Å². The maximum atomic E-state index is 13.1. The molecule has 0 bridgehead atoms. The number of amides is 2. The van der Waals surface area contributed by atoms with E-state index in [0.717, 1.165) is 22.3 Å². The topological polar surface area (TPSA) is 58.6 Å². The van der Waals surface area contributed by atoms with Gasteiger partial charge >= 0.3 is 0 Å². The van der Waals surface area contributed by atoms with Crippen molar-refractivity contribution in [3.8, 4) is 5.75 Å². The minimum Gasteiger partial charge on any atom is -0.484 e. The molecule has 5 nitrogen and oxygen atoms in total. The molecule has 1 atom stereocenters. The fraction of sp³-hybridized carbons (Fsp3) is 0.440. The lowest BCUT2D eigenvalue weighted by Gasteiger charge is -2.29. The molecule has 0 spiro atoms. The van der Waals surface area contributed by atoms with Gasteiger partial charge in [-0.25, -0.2) is 0 Å². The van der Waals surface area contributed by atoms with Gasteiger partial charge in [-0.15, -0.1) is 0 Å². The summed E-state index contributed by atoms with van der Waals surface area (Å²) in [7, 11) is 0. The van der Waals surface area contributed by atoms with Crippen LogP contribution in [0.3, 0.4) is 0 Å². The van der Waals surface area contributed by atoms with Gasteiger partial charge in [0.15, 0.2) is 6.61 Å². The predicted molar refractivity (Wildman–Crippen MR) is 125 cm³/mol. The molecular weight excluding hydrogens is 412 g/mol. The molecule has 0 aliphatic carbocycles. The van der Waals surface area contributed by atoms with E-state index in [1.807, 2.05) is 71.0 Å². The smallest absolute Gasteiger partial charge is 0.261 e. The number of hydrogen-bond acceptors (Lipinski definition) is 3. The first-order valence-corrected chi connectivity index (χ1v) is 11.0. The summed E-state index contributed by atoms with van der Waals surface area (Å²) in [6.45, 7) is 12.4. The van der Waals surface area contributed by atoms with Gasteiger partial charge in [-0.1, -0.05) is 55.3 Å². The van der Waals surface area contributed by atoms with Crippen LogP contribution >= 0.6 is 11.6 Å². The van der Waals surface area contributed by atoms with Crippen molar-refractivity contribution in [3.63, 3.8) is 0 Å². The maximum absolute atomic E-state index is 13.1. The molecule has 0 radical (unpaired) electrons. The molecule has 0 saturated heterocycles. The van der Waals surface area contributed by atoms with E-state index in [2.05, 4.69) is 5.32 Å². The van der Waals surface area contributed by atoms with Crippen LogP contribution in [0.5, 0.6) is 5.75 Å². The lowest BCUT2D eigenvalue weighted by atomic mass is 10.1. The van der Waals surface area contributed by atoms with Gasteiger partial charge in [-0.3, -0.25) is 9.59 Å². The number of aryl methyl sites for hydroxylation is 3. The number of carbonyl (C=O) groups excluding carboxylic acids is 2. The zero-order chi connectivity index (χ0) is 23.1. The molecular formula is C25H33ClN2O3. The van der Waals surface area contributed by atoms with Crippen molar-refractivity contribution in [2.45, 2.75) is 54.1 Å². The Morgan fingerprint density at radius 1 is 1.03 bits per heavy atom. The van der Waals surface area contributed by atoms with Crippen molar-refractivity contribution in [1.29, 1.82) is 0 Å². The number of nitrogens with zero attached hydrogens (tertiary/aromatic N) is 1. The average molecular weight is 445 g/mol. The number of carbonyl (C=O) groups is 2. The van der Waals surface area contributed by atoms with Crippen molar-refractivity contribution in [2.24, 2.45) is 5.92 Å². The summed E-state index contributed by atoms with van der Waals surface area (Å²) in [5.41, 5.74) is 3.88. The number of benzene rings is 2. The first-order valence-electron chi connectivity index (χ1n) is 10.6. The monoisotopic (exact) mass is 444 g/mol. The molecule has 0 fully saturated rings. The van der Waals surface area contributed by atoms with Crippen molar-refractivity contribution in [3.05, 3.63) is 63.7 Å². The van der Waals surface area contributed by atoms with Gasteiger partial charge in [0.25, 0.3) is 5.91 Å². The number of hydrogen-bond donors (Lipinski definition) is 1. The van der Waals surface area contributed by atoms with E-state index in [9.17, 15) is 9.59 Å². The standard InChI is InChI=1S/C25H33ClN2O3/c1-16(2)13-27-25(30)20(6)28(14-21-9-7-17(3)8-10-21)23(29)15-31-22-11-18(4)24(26)19(5)12-22/h7-12,16,20H,13-15H2,1-6H3,(H,27,30)/t20-/m0/s1. The third-order valence-electron chi connectivity index (χ3n) is 5.10. The predicted octanol–water partition coefficient (Wildman–Crippen LogP) is 4.83. The summed E-state index contributed by atoms with van der Waals surface area (Å²) >= 11 is 6.22. The molecule has 6 heteroatoms. The van der Waals surface area contributed by atoms with Gasteiger partial charge in [0, 0.05) is 18.1 Å². The van der Waals surface area contributed by atoms with Crippen molar-refractivity contribution in [1.82, 2.24) is 10.2 Å². The highest BCUT2D eigenvalue weighted by Crippen LogP contribution is 2.26. The second-order valence-electron chi connectivity index (χ2n) is 8.48. The normalized spacial score (nSPS) is 11.9. The van der Waals surface area contributed by atoms with Crippen LogP contribution in [0.1, 0.15) is 43.0 Å². The Hall–Kier alpha value is -2.53. The number of nitrogens with one attached hydrogen (secondary N) is 1. The van der Waals surface area contributed by atoms with E-state index in [-0.39, 0.29) is 18.4 Å². The molecule has 2 aromatic rings. The minimum absolute atomic E-state index is 0.159. The average Bonchev–Trinajstić information content (AvgIpc) is 2.73. The highest BCUT2D eigenvalue weighted by molar-refractivity contribution is 6.32. The summed E-state index contributed by atoms with van der Waals surface area (Å²) in [6, 6.07) is 10.9. The van der Waals surface area contributed by atoms with Crippen molar-refractivity contribution < 1.29 is 14.3 Å². The summed E-state index contributed by atoms with van der Waals surface area (Å²) in [4.78, 5) is 27.3. The van der Waals surface area contributed by atoms with E-state index < -0.39 is 6.04 Å². The molecule has 2 amide bonds. The van der Waals surface area contributed by atoms with Crippen LogP contribution in [0, 0.1) is 26.7 Å². The molecule has 1 N–H and O–H groups in total.